The maximum absolute atomic E-state index is 12.3. The van der Waals surface area contributed by atoms with E-state index in [-0.39, 0.29) is 5.82 Å². The van der Waals surface area contributed by atoms with Crippen molar-refractivity contribution in [2.75, 3.05) is 0 Å². The summed E-state index contributed by atoms with van der Waals surface area (Å²) in [5.74, 6) is 0.246. The van der Waals surface area contributed by atoms with Gasteiger partial charge in [0.1, 0.15) is 0 Å². The van der Waals surface area contributed by atoms with Crippen LogP contribution in [0.5, 0.6) is 0 Å². The zero-order valence-corrected chi connectivity index (χ0v) is 6.84. The third-order valence-electron chi connectivity index (χ3n) is 1.48. The molecule has 1 aromatic heterocycles. The highest BCUT2D eigenvalue weighted by molar-refractivity contribution is 4.81. The Kier molecular flexibility index (Phi) is 2.63. The molecule has 0 saturated carbocycles. The van der Waals surface area contributed by atoms with Crippen LogP contribution in [0.1, 0.15) is 20.3 Å². The average molecular weight is 155 g/mol. The molecule has 0 fully saturated rings. The Morgan fingerprint density at radius 1 is 1.73 bits per heavy atom. The first-order valence-corrected chi connectivity index (χ1v) is 3.79. The number of halogens is 1. The van der Waals surface area contributed by atoms with E-state index in [0.717, 1.165) is 13.0 Å². The van der Waals surface area contributed by atoms with Crippen LogP contribution in [0.4, 0.5) is 4.39 Å². The van der Waals surface area contributed by atoms with E-state index in [0.29, 0.717) is 5.92 Å². The van der Waals surface area contributed by atoms with Gasteiger partial charge in [-0.1, -0.05) is 13.8 Å². The van der Waals surface area contributed by atoms with Gasteiger partial charge in [-0.2, -0.15) is 5.10 Å². The van der Waals surface area contributed by atoms with E-state index in [2.05, 4.69) is 25.1 Å². The number of hydrogen-bond acceptors (Lipinski definition) is 1. The molecule has 0 aliphatic heterocycles. The zero-order chi connectivity index (χ0) is 8.27. The molecule has 0 atom stereocenters. The van der Waals surface area contributed by atoms with Crippen molar-refractivity contribution in [3.05, 3.63) is 18.2 Å². The minimum Gasteiger partial charge on any atom is -0.269 e. The molecule has 1 radical (unpaired) electrons. The van der Waals surface area contributed by atoms with Crippen molar-refractivity contribution >= 4 is 0 Å². The molecule has 0 aromatic carbocycles. The lowest BCUT2D eigenvalue weighted by molar-refractivity contribution is 0.485. The second kappa shape index (κ2) is 3.51. The van der Waals surface area contributed by atoms with Crippen molar-refractivity contribution in [1.29, 1.82) is 0 Å². The molecule has 0 spiro atoms. The normalized spacial score (nSPS) is 10.9. The number of nitrogens with zero attached hydrogens (tertiary/aromatic N) is 2. The van der Waals surface area contributed by atoms with Gasteiger partial charge in [0.05, 0.1) is 6.20 Å². The van der Waals surface area contributed by atoms with Gasteiger partial charge in [0, 0.05) is 6.54 Å². The van der Waals surface area contributed by atoms with Gasteiger partial charge in [-0.3, -0.25) is 4.68 Å². The monoisotopic (exact) mass is 155 g/mol. The lowest BCUT2D eigenvalue weighted by atomic mass is 10.1. The summed E-state index contributed by atoms with van der Waals surface area (Å²) in [4.78, 5) is 0. The number of rotatable bonds is 3. The van der Waals surface area contributed by atoms with Crippen LogP contribution < -0.4 is 0 Å². The fraction of sp³-hybridized carbons (Fsp3) is 0.625. The third-order valence-corrected chi connectivity index (χ3v) is 1.48. The summed E-state index contributed by atoms with van der Waals surface area (Å²) >= 11 is 0. The highest BCUT2D eigenvalue weighted by Gasteiger charge is 1.98. The second-order valence-electron chi connectivity index (χ2n) is 3.03. The van der Waals surface area contributed by atoms with Gasteiger partial charge < -0.3 is 0 Å². The van der Waals surface area contributed by atoms with Crippen LogP contribution in [0.25, 0.3) is 0 Å². The molecular formula is C8H12FN2. The van der Waals surface area contributed by atoms with Gasteiger partial charge in [-0.05, 0) is 12.3 Å². The summed E-state index contributed by atoms with van der Waals surface area (Å²) in [5, 5.41) is 3.70. The highest BCUT2D eigenvalue weighted by Crippen LogP contribution is 2.02. The third kappa shape index (κ3) is 2.70. The topological polar surface area (TPSA) is 17.8 Å². The van der Waals surface area contributed by atoms with Crippen LogP contribution >= 0.6 is 0 Å². The molecule has 2 nitrogen and oxygen atoms in total. The van der Waals surface area contributed by atoms with Crippen molar-refractivity contribution in [3.8, 4) is 0 Å². The van der Waals surface area contributed by atoms with Gasteiger partial charge >= 0.3 is 0 Å². The fourth-order valence-electron chi connectivity index (χ4n) is 0.806. The molecule has 0 aliphatic rings. The van der Waals surface area contributed by atoms with Gasteiger partial charge in [0.25, 0.3) is 0 Å². The minimum atomic E-state index is -0.381. The van der Waals surface area contributed by atoms with Crippen LogP contribution in [-0.2, 0) is 6.54 Å². The zero-order valence-electron chi connectivity index (χ0n) is 6.84. The molecule has 0 N–H and O–H groups in total. The first-order chi connectivity index (χ1) is 5.18. The van der Waals surface area contributed by atoms with E-state index < -0.39 is 0 Å². The van der Waals surface area contributed by atoms with E-state index in [9.17, 15) is 4.39 Å². The maximum Gasteiger partial charge on any atom is 0.170 e. The Bertz CT molecular complexity index is 218. The molecule has 11 heavy (non-hydrogen) atoms. The molecule has 61 valence electrons. The quantitative estimate of drug-likeness (QED) is 0.651. The first-order valence-electron chi connectivity index (χ1n) is 3.79. The summed E-state index contributed by atoms with van der Waals surface area (Å²) in [5.41, 5.74) is 0. The second-order valence-corrected chi connectivity index (χ2v) is 3.03. The summed E-state index contributed by atoms with van der Waals surface area (Å²) < 4.78 is 13.9. The molecule has 1 heterocycles. The summed E-state index contributed by atoms with van der Waals surface area (Å²) in [6, 6.07) is 0. The number of hydrogen-bond donors (Lipinski definition) is 0. The lowest BCUT2D eigenvalue weighted by Crippen LogP contribution is -2.01. The van der Waals surface area contributed by atoms with Crippen LogP contribution in [0.2, 0.25) is 0 Å². The first kappa shape index (κ1) is 8.24. The molecule has 0 bridgehead atoms. The van der Waals surface area contributed by atoms with Gasteiger partial charge in [-0.15, -0.1) is 0 Å². The molecule has 1 rings (SSSR count). The summed E-state index contributed by atoms with van der Waals surface area (Å²) in [6.45, 7) is 5.03. The molecule has 0 amide bonds. The van der Waals surface area contributed by atoms with E-state index in [4.69, 9.17) is 0 Å². The standard InChI is InChI=1S/C8H12FN2/c1-7(2)3-4-11-6-8(9)5-10-11/h6-7H,3-4H2,1-2H3. The van der Waals surface area contributed by atoms with E-state index >= 15 is 0 Å². The minimum absolute atomic E-state index is 0.381. The largest absolute Gasteiger partial charge is 0.269 e. The fourth-order valence-corrected chi connectivity index (χ4v) is 0.806. The smallest absolute Gasteiger partial charge is 0.170 e. The van der Waals surface area contributed by atoms with Crippen LogP contribution in [0.15, 0.2) is 6.20 Å². The Morgan fingerprint density at radius 2 is 2.45 bits per heavy atom. The van der Waals surface area contributed by atoms with E-state index in [1.54, 1.807) is 4.68 Å². The van der Waals surface area contributed by atoms with Crippen molar-refractivity contribution in [2.45, 2.75) is 26.8 Å². The van der Waals surface area contributed by atoms with Gasteiger partial charge in [0.15, 0.2) is 12.0 Å². The summed E-state index contributed by atoms with van der Waals surface area (Å²) in [6.07, 6.45) is 4.62. The number of aromatic nitrogens is 2. The number of aryl methyl sites for hydroxylation is 1. The van der Waals surface area contributed by atoms with Crippen molar-refractivity contribution in [1.82, 2.24) is 9.78 Å². The average Bonchev–Trinajstić information content (AvgIpc) is 2.31. The maximum atomic E-state index is 12.3. The molecule has 1 aromatic rings. The predicted octanol–water partition coefficient (Wildman–Crippen LogP) is 1.87. The molecule has 3 heteroatoms. The molecule has 0 aliphatic carbocycles. The van der Waals surface area contributed by atoms with Crippen LogP contribution in [0.3, 0.4) is 0 Å². The van der Waals surface area contributed by atoms with Gasteiger partial charge in [0.2, 0.25) is 0 Å². The molecular weight excluding hydrogens is 143 g/mol. The highest BCUT2D eigenvalue weighted by atomic mass is 19.1. The van der Waals surface area contributed by atoms with E-state index in [1.165, 1.54) is 6.20 Å². The lowest BCUT2D eigenvalue weighted by Gasteiger charge is -2.02. The Hall–Kier alpha value is -0.860. The molecule has 0 unspecified atom stereocenters. The SMILES string of the molecule is CC(C)CCn1cc(F)[c]n1. The summed E-state index contributed by atoms with van der Waals surface area (Å²) in [7, 11) is 0. The van der Waals surface area contributed by atoms with Crippen LogP contribution in [-0.4, -0.2) is 9.78 Å². The van der Waals surface area contributed by atoms with Crippen molar-refractivity contribution in [3.63, 3.8) is 0 Å². The molecule has 0 saturated heterocycles. The Balaban J connectivity index is 2.39. The predicted molar refractivity (Wildman–Crippen MR) is 40.5 cm³/mol. The Labute approximate surface area is 66.0 Å². The van der Waals surface area contributed by atoms with Crippen LogP contribution in [0, 0.1) is 17.9 Å². The van der Waals surface area contributed by atoms with Gasteiger partial charge in [-0.25, -0.2) is 4.39 Å². The van der Waals surface area contributed by atoms with Crippen molar-refractivity contribution in [2.24, 2.45) is 5.92 Å². The van der Waals surface area contributed by atoms with Crippen molar-refractivity contribution < 1.29 is 4.39 Å². The Morgan fingerprint density at radius 3 is 2.91 bits per heavy atom. The van der Waals surface area contributed by atoms with E-state index in [1.807, 2.05) is 0 Å².